The lowest BCUT2D eigenvalue weighted by atomic mass is 9.92. The van der Waals surface area contributed by atoms with Crippen LogP contribution in [0.2, 0.25) is 0 Å². The summed E-state index contributed by atoms with van der Waals surface area (Å²) in [4.78, 5) is 13.0. The number of thiazole rings is 1. The summed E-state index contributed by atoms with van der Waals surface area (Å²) in [6, 6.07) is 15.4. The van der Waals surface area contributed by atoms with Crippen LogP contribution in [0.4, 0.5) is 15.2 Å². The molecule has 5 rings (SSSR count). The van der Waals surface area contributed by atoms with Gasteiger partial charge in [-0.15, -0.1) is 0 Å². The summed E-state index contributed by atoms with van der Waals surface area (Å²) in [5, 5.41) is 4.12. The molecule has 1 N–H and O–H groups in total. The van der Waals surface area contributed by atoms with E-state index in [1.54, 1.807) is 11.3 Å². The van der Waals surface area contributed by atoms with E-state index in [2.05, 4.69) is 20.3 Å². The number of hydrogen-bond acceptors (Lipinski definition) is 7. The number of halogens is 1. The smallest absolute Gasteiger partial charge is 0.244 e. The van der Waals surface area contributed by atoms with Crippen molar-refractivity contribution in [1.82, 2.24) is 15.0 Å². The molecule has 0 aliphatic carbocycles. The Hall–Kier alpha value is -3.10. The molecular weight excluding hydrogens is 403 g/mol. The second-order valence-electron chi connectivity index (χ2n) is 7.03. The summed E-state index contributed by atoms with van der Waals surface area (Å²) in [6.45, 7) is 0.720. The third-order valence-electron chi connectivity index (χ3n) is 4.99. The van der Waals surface area contributed by atoms with Crippen molar-refractivity contribution in [3.05, 3.63) is 66.6 Å². The Kier molecular flexibility index (Phi) is 5.02. The van der Waals surface area contributed by atoms with Gasteiger partial charge in [-0.2, -0.15) is 0 Å². The van der Waals surface area contributed by atoms with Crippen LogP contribution in [0.15, 0.2) is 60.9 Å². The van der Waals surface area contributed by atoms with Crippen LogP contribution in [0, 0.1) is 0 Å². The molecule has 1 fully saturated rings. The van der Waals surface area contributed by atoms with Crippen LogP contribution in [-0.2, 0) is 10.4 Å². The fourth-order valence-electron chi connectivity index (χ4n) is 3.41. The van der Waals surface area contributed by atoms with Gasteiger partial charge in [0.1, 0.15) is 11.4 Å². The van der Waals surface area contributed by atoms with Gasteiger partial charge in [-0.25, -0.2) is 14.4 Å². The highest BCUT2D eigenvalue weighted by Crippen LogP contribution is 2.40. The second kappa shape index (κ2) is 7.97. The number of alkyl halides is 1. The molecule has 1 aliphatic heterocycles. The summed E-state index contributed by atoms with van der Waals surface area (Å²) in [6.07, 6.45) is 3.48. The number of aromatic nitrogens is 3. The Morgan fingerprint density at radius 2 is 1.77 bits per heavy atom. The summed E-state index contributed by atoms with van der Waals surface area (Å²) in [7, 11) is 0. The van der Waals surface area contributed by atoms with Gasteiger partial charge in [0.2, 0.25) is 5.88 Å². The molecule has 4 aromatic rings. The van der Waals surface area contributed by atoms with Crippen molar-refractivity contribution in [2.75, 3.05) is 18.5 Å². The summed E-state index contributed by atoms with van der Waals surface area (Å²) in [5.74, 6) is 0.746. The molecule has 3 heterocycles. The molecule has 0 amide bonds. The number of fused-ring (bicyclic) bond motifs is 1. The molecule has 30 heavy (non-hydrogen) atoms. The highest BCUT2D eigenvalue weighted by Gasteiger charge is 2.39. The number of rotatable bonds is 5. The Morgan fingerprint density at radius 1 is 1.00 bits per heavy atom. The first-order valence-electron chi connectivity index (χ1n) is 9.68. The minimum absolute atomic E-state index is 0.189. The molecule has 2 aromatic heterocycles. The minimum Gasteiger partial charge on any atom is -0.437 e. The van der Waals surface area contributed by atoms with Crippen molar-refractivity contribution < 1.29 is 13.9 Å². The topological polar surface area (TPSA) is 69.2 Å². The van der Waals surface area contributed by atoms with E-state index in [0.29, 0.717) is 19.0 Å². The van der Waals surface area contributed by atoms with Gasteiger partial charge in [0.05, 0.1) is 23.4 Å². The lowest BCUT2D eigenvalue weighted by Gasteiger charge is -2.29. The van der Waals surface area contributed by atoms with E-state index in [4.69, 9.17) is 9.47 Å². The van der Waals surface area contributed by atoms with E-state index < -0.39 is 5.67 Å². The van der Waals surface area contributed by atoms with Gasteiger partial charge in [-0.3, -0.25) is 4.98 Å². The molecule has 6 nitrogen and oxygen atoms in total. The van der Waals surface area contributed by atoms with Gasteiger partial charge in [0.15, 0.2) is 10.8 Å². The molecule has 0 radical (unpaired) electrons. The van der Waals surface area contributed by atoms with Crippen molar-refractivity contribution in [2.45, 2.75) is 18.5 Å². The zero-order valence-electron chi connectivity index (χ0n) is 16.0. The zero-order chi connectivity index (χ0) is 20.4. The number of anilines is 2. The Morgan fingerprint density at radius 3 is 2.57 bits per heavy atom. The quantitative estimate of drug-likeness (QED) is 0.452. The normalized spacial score (nSPS) is 15.8. The van der Waals surface area contributed by atoms with Crippen molar-refractivity contribution >= 4 is 32.4 Å². The first kappa shape index (κ1) is 18.9. The van der Waals surface area contributed by atoms with Crippen LogP contribution >= 0.6 is 11.3 Å². The molecule has 8 heteroatoms. The molecule has 0 unspecified atom stereocenters. The second-order valence-corrected chi connectivity index (χ2v) is 8.06. The maximum atomic E-state index is 15.4. The van der Waals surface area contributed by atoms with Crippen molar-refractivity contribution in [3.63, 3.8) is 0 Å². The third kappa shape index (κ3) is 3.83. The third-order valence-corrected chi connectivity index (χ3v) is 5.94. The predicted octanol–water partition coefficient (Wildman–Crippen LogP) is 5.60. The Labute approximate surface area is 176 Å². The van der Waals surface area contributed by atoms with E-state index >= 15 is 4.39 Å². The maximum absolute atomic E-state index is 15.4. The number of ether oxygens (including phenoxy) is 2. The van der Waals surface area contributed by atoms with Crippen LogP contribution in [0.5, 0.6) is 11.6 Å². The average Bonchev–Trinajstić information content (AvgIpc) is 3.18. The summed E-state index contributed by atoms with van der Waals surface area (Å²) < 4.78 is 27.7. The lowest BCUT2D eigenvalue weighted by Crippen LogP contribution is -2.30. The van der Waals surface area contributed by atoms with E-state index in [0.717, 1.165) is 21.0 Å². The minimum atomic E-state index is -1.59. The lowest BCUT2D eigenvalue weighted by molar-refractivity contribution is -0.0151. The van der Waals surface area contributed by atoms with Gasteiger partial charge in [0.25, 0.3) is 0 Å². The van der Waals surface area contributed by atoms with Gasteiger partial charge in [-0.05, 0) is 36.4 Å². The fraction of sp³-hybridized carbons (Fsp3) is 0.227. The Balaban J connectivity index is 1.33. The number of benzene rings is 2. The largest absolute Gasteiger partial charge is 0.437 e. The number of nitrogens with one attached hydrogen (secondary N) is 1. The highest BCUT2D eigenvalue weighted by molar-refractivity contribution is 7.22. The van der Waals surface area contributed by atoms with Gasteiger partial charge >= 0.3 is 0 Å². The van der Waals surface area contributed by atoms with E-state index in [9.17, 15) is 0 Å². The SMILES string of the molecule is FC1(c2nccnc2Oc2ccc(Nc3nc4ccccc4s3)cc2)CCOCC1. The van der Waals surface area contributed by atoms with Crippen molar-refractivity contribution in [3.8, 4) is 11.6 Å². The predicted molar refractivity (Wildman–Crippen MR) is 114 cm³/mol. The first-order chi connectivity index (χ1) is 14.7. The summed E-state index contributed by atoms with van der Waals surface area (Å²) in [5.41, 5.74) is 0.487. The van der Waals surface area contributed by atoms with Crippen LogP contribution in [0.25, 0.3) is 10.2 Å². The molecule has 0 atom stereocenters. The fourth-order valence-corrected chi connectivity index (χ4v) is 4.29. The molecule has 2 aromatic carbocycles. The molecule has 1 saturated heterocycles. The van der Waals surface area contributed by atoms with E-state index in [1.807, 2.05) is 48.5 Å². The average molecular weight is 422 g/mol. The standard InChI is InChI=1S/C22H19FN4O2S/c23-22(9-13-28-14-10-22)19-20(25-12-11-24-19)29-16-7-5-15(6-8-16)26-21-27-17-3-1-2-4-18(17)30-21/h1-8,11-12H,9-10,13-14H2,(H,26,27). The molecule has 0 bridgehead atoms. The number of nitrogens with zero attached hydrogens (tertiary/aromatic N) is 3. The van der Waals surface area contributed by atoms with Crippen LogP contribution in [0.3, 0.4) is 0 Å². The van der Waals surface area contributed by atoms with Crippen molar-refractivity contribution in [2.24, 2.45) is 0 Å². The van der Waals surface area contributed by atoms with Crippen LogP contribution in [0.1, 0.15) is 18.5 Å². The molecule has 0 spiro atoms. The van der Waals surface area contributed by atoms with Gasteiger partial charge in [-0.1, -0.05) is 23.5 Å². The van der Waals surface area contributed by atoms with Gasteiger partial charge < -0.3 is 14.8 Å². The molecule has 152 valence electrons. The molecule has 1 aliphatic rings. The van der Waals surface area contributed by atoms with E-state index in [1.165, 1.54) is 12.4 Å². The zero-order valence-corrected chi connectivity index (χ0v) is 16.9. The number of hydrogen-bond donors (Lipinski definition) is 1. The Bertz CT molecular complexity index is 1130. The van der Waals surface area contributed by atoms with Crippen LogP contribution < -0.4 is 10.1 Å². The van der Waals surface area contributed by atoms with Crippen LogP contribution in [-0.4, -0.2) is 28.2 Å². The number of para-hydroxylation sites is 1. The van der Waals surface area contributed by atoms with Crippen molar-refractivity contribution in [1.29, 1.82) is 0 Å². The van der Waals surface area contributed by atoms with Gasteiger partial charge in [0, 0.05) is 30.9 Å². The summed E-state index contributed by atoms with van der Waals surface area (Å²) >= 11 is 1.59. The monoisotopic (exact) mass is 422 g/mol. The maximum Gasteiger partial charge on any atom is 0.244 e. The van der Waals surface area contributed by atoms with E-state index in [-0.39, 0.29) is 24.4 Å². The highest BCUT2D eigenvalue weighted by atomic mass is 32.1. The first-order valence-corrected chi connectivity index (χ1v) is 10.5. The molecular formula is C22H19FN4O2S. The molecule has 0 saturated carbocycles.